The second-order valence-corrected chi connectivity index (χ2v) is 7.90. The van der Waals surface area contributed by atoms with Crippen LogP contribution < -0.4 is 0 Å². The first-order chi connectivity index (χ1) is 10.5. The van der Waals surface area contributed by atoms with Crippen molar-refractivity contribution >= 4 is 10.0 Å². The maximum absolute atomic E-state index is 12.8. The van der Waals surface area contributed by atoms with Gasteiger partial charge in [-0.25, -0.2) is 8.42 Å². The Bertz CT molecular complexity index is 783. The van der Waals surface area contributed by atoms with E-state index in [4.69, 9.17) is 0 Å². The molecular weight excluding hydrogens is 294 g/mol. The van der Waals surface area contributed by atoms with Gasteiger partial charge in [0.2, 0.25) is 10.0 Å². The van der Waals surface area contributed by atoms with Crippen LogP contribution in [0, 0.1) is 6.92 Å². The number of benzene rings is 2. The van der Waals surface area contributed by atoms with Gasteiger partial charge in [0.15, 0.2) is 0 Å². The number of hydrogen-bond acceptors (Lipinski definition) is 2. The van der Waals surface area contributed by atoms with Crippen molar-refractivity contribution < 1.29 is 8.42 Å². The molecule has 0 radical (unpaired) electrons. The van der Waals surface area contributed by atoms with Gasteiger partial charge in [-0.3, -0.25) is 0 Å². The minimum absolute atomic E-state index is 0.0706. The molecule has 0 saturated carbocycles. The van der Waals surface area contributed by atoms with Crippen LogP contribution in [0.4, 0.5) is 0 Å². The SMILES string of the molecule is Cc1cccc(CS(=O)(=O)N2CCc3ccccc3C2C)c1. The molecule has 1 unspecified atom stereocenters. The summed E-state index contributed by atoms with van der Waals surface area (Å²) in [7, 11) is -3.31. The third-order valence-corrected chi connectivity index (χ3v) is 6.24. The fourth-order valence-electron chi connectivity index (χ4n) is 3.22. The van der Waals surface area contributed by atoms with Gasteiger partial charge in [0, 0.05) is 12.6 Å². The highest BCUT2D eigenvalue weighted by atomic mass is 32.2. The van der Waals surface area contributed by atoms with Gasteiger partial charge in [0.05, 0.1) is 5.75 Å². The summed E-state index contributed by atoms with van der Waals surface area (Å²) in [4.78, 5) is 0. The van der Waals surface area contributed by atoms with Gasteiger partial charge in [0.25, 0.3) is 0 Å². The van der Waals surface area contributed by atoms with Gasteiger partial charge < -0.3 is 0 Å². The molecule has 0 spiro atoms. The van der Waals surface area contributed by atoms with Crippen LogP contribution in [0.3, 0.4) is 0 Å². The molecule has 1 atom stereocenters. The molecule has 0 aromatic heterocycles. The summed E-state index contributed by atoms with van der Waals surface area (Å²) in [6, 6.07) is 15.7. The summed E-state index contributed by atoms with van der Waals surface area (Å²) in [6.45, 7) is 4.52. The number of aryl methyl sites for hydroxylation is 1. The second-order valence-electron chi connectivity index (χ2n) is 5.98. The van der Waals surface area contributed by atoms with Crippen LogP contribution in [0.15, 0.2) is 48.5 Å². The van der Waals surface area contributed by atoms with E-state index in [1.54, 1.807) is 4.31 Å². The molecule has 2 aromatic carbocycles. The van der Waals surface area contributed by atoms with E-state index in [2.05, 4.69) is 6.07 Å². The normalized spacial score (nSPS) is 18.9. The molecule has 0 aliphatic carbocycles. The van der Waals surface area contributed by atoms with Crippen molar-refractivity contribution in [3.63, 3.8) is 0 Å². The summed E-state index contributed by atoms with van der Waals surface area (Å²) in [5.41, 5.74) is 4.33. The van der Waals surface area contributed by atoms with E-state index in [1.165, 1.54) is 5.56 Å². The molecule has 0 saturated heterocycles. The van der Waals surface area contributed by atoms with Gasteiger partial charge in [-0.05, 0) is 37.0 Å². The molecule has 2 aromatic rings. The minimum Gasteiger partial charge on any atom is -0.212 e. The molecule has 0 N–H and O–H groups in total. The lowest BCUT2D eigenvalue weighted by Crippen LogP contribution is -2.39. The lowest BCUT2D eigenvalue weighted by Gasteiger charge is -2.34. The van der Waals surface area contributed by atoms with Gasteiger partial charge in [-0.15, -0.1) is 0 Å². The van der Waals surface area contributed by atoms with Crippen LogP contribution in [-0.2, 0) is 22.2 Å². The summed E-state index contributed by atoms with van der Waals surface area (Å²) in [6.07, 6.45) is 0.785. The largest absolute Gasteiger partial charge is 0.218 e. The predicted octanol–water partition coefficient (Wildman–Crippen LogP) is 3.44. The molecule has 3 nitrogen and oxygen atoms in total. The highest BCUT2D eigenvalue weighted by molar-refractivity contribution is 7.88. The number of rotatable bonds is 3. The second kappa shape index (κ2) is 5.86. The van der Waals surface area contributed by atoms with Crippen LogP contribution in [-0.4, -0.2) is 19.3 Å². The van der Waals surface area contributed by atoms with Crippen LogP contribution >= 0.6 is 0 Å². The van der Waals surface area contributed by atoms with E-state index < -0.39 is 10.0 Å². The van der Waals surface area contributed by atoms with Crippen molar-refractivity contribution in [2.24, 2.45) is 0 Å². The van der Waals surface area contributed by atoms with Crippen LogP contribution in [0.5, 0.6) is 0 Å². The molecule has 0 bridgehead atoms. The molecule has 0 fully saturated rings. The van der Waals surface area contributed by atoms with Crippen molar-refractivity contribution in [3.05, 3.63) is 70.8 Å². The van der Waals surface area contributed by atoms with Crippen LogP contribution in [0.1, 0.15) is 35.2 Å². The van der Waals surface area contributed by atoms with E-state index in [9.17, 15) is 8.42 Å². The van der Waals surface area contributed by atoms with E-state index >= 15 is 0 Å². The summed E-state index contributed by atoms with van der Waals surface area (Å²) in [5.74, 6) is 0.0706. The zero-order chi connectivity index (χ0) is 15.7. The Labute approximate surface area is 132 Å². The Balaban J connectivity index is 1.87. The van der Waals surface area contributed by atoms with Crippen molar-refractivity contribution in [3.8, 4) is 0 Å². The summed E-state index contributed by atoms with van der Waals surface area (Å²) < 4.78 is 27.3. The lowest BCUT2D eigenvalue weighted by molar-refractivity contribution is 0.326. The minimum atomic E-state index is -3.31. The van der Waals surface area contributed by atoms with E-state index in [0.717, 1.165) is 23.1 Å². The van der Waals surface area contributed by atoms with Gasteiger partial charge in [-0.1, -0.05) is 54.1 Å². The molecule has 22 heavy (non-hydrogen) atoms. The molecule has 1 aliphatic rings. The standard InChI is InChI=1S/C18H21NO2S/c1-14-6-5-7-16(12-14)13-22(20,21)19-11-10-17-8-3-4-9-18(17)15(19)2/h3-9,12,15H,10-11,13H2,1-2H3. The lowest BCUT2D eigenvalue weighted by atomic mass is 9.96. The Morgan fingerprint density at radius 1 is 1.14 bits per heavy atom. The molecular formula is C18H21NO2S. The first-order valence-corrected chi connectivity index (χ1v) is 9.21. The van der Waals surface area contributed by atoms with E-state index in [-0.39, 0.29) is 11.8 Å². The molecule has 1 aliphatic heterocycles. The predicted molar refractivity (Wildman–Crippen MR) is 89.1 cm³/mol. The third kappa shape index (κ3) is 2.94. The molecule has 116 valence electrons. The molecule has 1 heterocycles. The van der Waals surface area contributed by atoms with Crippen molar-refractivity contribution in [1.29, 1.82) is 0 Å². The maximum atomic E-state index is 12.8. The first-order valence-electron chi connectivity index (χ1n) is 7.60. The number of fused-ring (bicyclic) bond motifs is 1. The Kier molecular flexibility index (Phi) is 4.06. The first kappa shape index (κ1) is 15.3. The van der Waals surface area contributed by atoms with Crippen LogP contribution in [0.25, 0.3) is 0 Å². The topological polar surface area (TPSA) is 37.4 Å². The molecule has 3 rings (SSSR count). The zero-order valence-electron chi connectivity index (χ0n) is 13.0. The van der Waals surface area contributed by atoms with Crippen molar-refractivity contribution in [2.75, 3.05) is 6.54 Å². The third-order valence-electron chi connectivity index (χ3n) is 4.33. The maximum Gasteiger partial charge on any atom is 0.218 e. The smallest absolute Gasteiger partial charge is 0.212 e. The number of sulfonamides is 1. The summed E-state index contributed by atoms with van der Waals surface area (Å²) >= 11 is 0. The van der Waals surface area contributed by atoms with Crippen LogP contribution in [0.2, 0.25) is 0 Å². The monoisotopic (exact) mass is 315 g/mol. The summed E-state index contributed by atoms with van der Waals surface area (Å²) in [5, 5.41) is 0. The average Bonchev–Trinajstić information content (AvgIpc) is 2.47. The Morgan fingerprint density at radius 2 is 1.91 bits per heavy atom. The number of hydrogen-bond donors (Lipinski definition) is 0. The Morgan fingerprint density at radius 3 is 2.68 bits per heavy atom. The highest BCUT2D eigenvalue weighted by Crippen LogP contribution is 2.32. The fourth-order valence-corrected chi connectivity index (χ4v) is 4.96. The van der Waals surface area contributed by atoms with Gasteiger partial charge >= 0.3 is 0 Å². The Hall–Kier alpha value is -1.65. The molecule has 4 heteroatoms. The van der Waals surface area contributed by atoms with Gasteiger partial charge in [-0.2, -0.15) is 4.31 Å². The fraction of sp³-hybridized carbons (Fsp3) is 0.333. The number of nitrogens with zero attached hydrogens (tertiary/aromatic N) is 1. The molecule has 0 amide bonds. The van der Waals surface area contributed by atoms with Gasteiger partial charge in [0.1, 0.15) is 0 Å². The van der Waals surface area contributed by atoms with E-state index in [0.29, 0.717) is 6.54 Å². The van der Waals surface area contributed by atoms with E-state index in [1.807, 2.05) is 56.3 Å². The van der Waals surface area contributed by atoms with Crippen molar-refractivity contribution in [2.45, 2.75) is 32.1 Å². The quantitative estimate of drug-likeness (QED) is 0.870. The van der Waals surface area contributed by atoms with Crippen molar-refractivity contribution in [1.82, 2.24) is 4.31 Å². The zero-order valence-corrected chi connectivity index (χ0v) is 13.8. The highest BCUT2D eigenvalue weighted by Gasteiger charge is 2.32. The average molecular weight is 315 g/mol.